The minimum atomic E-state index is 0.00406. The zero-order valence-corrected chi connectivity index (χ0v) is 17.8. The Hall–Kier alpha value is -2.75. The molecule has 0 saturated carbocycles. The summed E-state index contributed by atoms with van der Waals surface area (Å²) in [5, 5.41) is 8.55. The van der Waals surface area contributed by atoms with Crippen LogP contribution >= 0.6 is 11.3 Å². The first-order valence-electron chi connectivity index (χ1n) is 9.80. The van der Waals surface area contributed by atoms with Gasteiger partial charge in [0.15, 0.2) is 0 Å². The number of hydrogen-bond donors (Lipinski definition) is 1. The summed E-state index contributed by atoms with van der Waals surface area (Å²) >= 11 is 1.50. The van der Waals surface area contributed by atoms with Gasteiger partial charge in [-0.2, -0.15) is 0 Å². The molecule has 1 N–H and O–H groups in total. The van der Waals surface area contributed by atoms with E-state index in [1.54, 1.807) is 23.0 Å². The first kappa shape index (κ1) is 19.6. The van der Waals surface area contributed by atoms with E-state index in [4.69, 9.17) is 0 Å². The van der Waals surface area contributed by atoms with Crippen LogP contribution in [0.1, 0.15) is 32.9 Å². The van der Waals surface area contributed by atoms with Crippen molar-refractivity contribution >= 4 is 33.3 Å². The fourth-order valence-electron chi connectivity index (χ4n) is 3.18. The van der Waals surface area contributed by atoms with Crippen molar-refractivity contribution in [3.63, 3.8) is 0 Å². The first-order chi connectivity index (χ1) is 13.9. The van der Waals surface area contributed by atoms with Gasteiger partial charge in [-0.3, -0.25) is 4.79 Å². The van der Waals surface area contributed by atoms with Crippen molar-refractivity contribution < 1.29 is 4.79 Å². The van der Waals surface area contributed by atoms with E-state index >= 15 is 0 Å². The van der Waals surface area contributed by atoms with Crippen LogP contribution in [0.25, 0.3) is 4.96 Å². The van der Waals surface area contributed by atoms with Gasteiger partial charge < -0.3 is 15.1 Å². The molecule has 0 atom stereocenters. The van der Waals surface area contributed by atoms with Crippen molar-refractivity contribution in [2.24, 2.45) is 0 Å². The second kappa shape index (κ2) is 7.94. The van der Waals surface area contributed by atoms with Crippen molar-refractivity contribution in [2.75, 3.05) is 42.9 Å². The lowest BCUT2D eigenvalue weighted by atomic mass is 9.93. The van der Waals surface area contributed by atoms with Gasteiger partial charge in [0, 0.05) is 57.0 Å². The highest BCUT2D eigenvalue weighted by molar-refractivity contribution is 7.20. The Morgan fingerprint density at radius 3 is 2.55 bits per heavy atom. The van der Waals surface area contributed by atoms with E-state index in [9.17, 15) is 4.79 Å². The summed E-state index contributed by atoms with van der Waals surface area (Å²) in [4.78, 5) is 30.6. The molecule has 1 amide bonds. The average molecular weight is 415 g/mol. The van der Waals surface area contributed by atoms with Crippen LogP contribution in [0.2, 0.25) is 0 Å². The number of piperazine rings is 1. The highest BCUT2D eigenvalue weighted by Crippen LogP contribution is 2.25. The number of carbonyl (C=O) groups excluding carboxylic acids is 1. The van der Waals surface area contributed by atoms with Crippen molar-refractivity contribution in [2.45, 2.75) is 32.6 Å². The van der Waals surface area contributed by atoms with Crippen LogP contribution in [0.15, 0.2) is 24.7 Å². The smallest absolute Gasteiger partial charge is 0.225 e. The number of aromatic nitrogens is 5. The number of anilines is 2. The maximum Gasteiger partial charge on any atom is 0.225 e. The second-order valence-corrected chi connectivity index (χ2v) is 9.06. The number of carbonyl (C=O) groups is 1. The maximum atomic E-state index is 12.5. The van der Waals surface area contributed by atoms with Gasteiger partial charge in [0.05, 0.1) is 11.9 Å². The number of nitrogens with one attached hydrogen (secondary N) is 1. The second-order valence-electron chi connectivity index (χ2n) is 8.10. The van der Waals surface area contributed by atoms with Gasteiger partial charge >= 0.3 is 0 Å². The monoisotopic (exact) mass is 414 g/mol. The van der Waals surface area contributed by atoms with Gasteiger partial charge in [0.2, 0.25) is 21.9 Å². The zero-order chi connectivity index (χ0) is 20.4. The fourth-order valence-corrected chi connectivity index (χ4v) is 3.98. The van der Waals surface area contributed by atoms with Crippen LogP contribution in [0, 0.1) is 0 Å². The van der Waals surface area contributed by atoms with Crippen LogP contribution in [0.5, 0.6) is 0 Å². The molecule has 1 fully saturated rings. The molecule has 1 saturated heterocycles. The van der Waals surface area contributed by atoms with Crippen molar-refractivity contribution in [1.82, 2.24) is 29.5 Å². The minimum absolute atomic E-state index is 0.00406. The lowest BCUT2D eigenvalue weighted by Crippen LogP contribution is -2.49. The molecule has 3 aromatic heterocycles. The highest BCUT2D eigenvalue weighted by atomic mass is 32.1. The van der Waals surface area contributed by atoms with E-state index in [1.807, 2.05) is 11.1 Å². The maximum absolute atomic E-state index is 12.5. The summed E-state index contributed by atoms with van der Waals surface area (Å²) in [5.74, 6) is 0.882. The zero-order valence-electron chi connectivity index (χ0n) is 17.0. The van der Waals surface area contributed by atoms with Crippen molar-refractivity contribution in [3.8, 4) is 0 Å². The number of rotatable bonds is 5. The van der Waals surface area contributed by atoms with Crippen molar-refractivity contribution in [1.29, 1.82) is 0 Å². The fraction of sp³-hybridized carbons (Fsp3) is 0.526. The lowest BCUT2D eigenvalue weighted by Gasteiger charge is -2.34. The molecule has 1 aliphatic heterocycles. The lowest BCUT2D eigenvalue weighted by molar-refractivity contribution is -0.131. The van der Waals surface area contributed by atoms with E-state index in [2.05, 4.69) is 51.0 Å². The first-order valence-corrected chi connectivity index (χ1v) is 10.6. The number of nitrogens with zero attached hydrogens (tertiary/aromatic N) is 7. The molecule has 0 aliphatic carbocycles. The summed E-state index contributed by atoms with van der Waals surface area (Å²) in [5.41, 5.74) is 1.03. The summed E-state index contributed by atoms with van der Waals surface area (Å²) < 4.78 is 1.81. The molecule has 4 rings (SSSR count). The van der Waals surface area contributed by atoms with Crippen molar-refractivity contribution in [3.05, 3.63) is 30.4 Å². The van der Waals surface area contributed by atoms with E-state index < -0.39 is 0 Å². The number of amides is 1. The van der Waals surface area contributed by atoms with Gasteiger partial charge in [0.1, 0.15) is 0 Å². The van der Waals surface area contributed by atoms with E-state index in [-0.39, 0.29) is 11.3 Å². The largest absolute Gasteiger partial charge is 0.360 e. The minimum Gasteiger partial charge on any atom is -0.360 e. The van der Waals surface area contributed by atoms with E-state index in [0.717, 1.165) is 34.8 Å². The van der Waals surface area contributed by atoms with Gasteiger partial charge in [-0.15, -0.1) is 5.10 Å². The van der Waals surface area contributed by atoms with E-state index in [1.165, 1.54) is 11.3 Å². The predicted molar refractivity (Wildman–Crippen MR) is 113 cm³/mol. The Kier molecular flexibility index (Phi) is 5.35. The van der Waals surface area contributed by atoms with Crippen LogP contribution in [-0.4, -0.2) is 68.1 Å². The summed E-state index contributed by atoms with van der Waals surface area (Å²) in [6, 6.07) is 1.81. The summed E-state index contributed by atoms with van der Waals surface area (Å²) in [6.07, 6.45) is 5.89. The number of fused-ring (bicyclic) bond motifs is 1. The van der Waals surface area contributed by atoms with E-state index in [0.29, 0.717) is 26.1 Å². The SMILES string of the molecule is CC(C)(C)c1cn2nc(NCCC(=O)N3CCN(c4ncccn4)CC3)sc2n1. The summed E-state index contributed by atoms with van der Waals surface area (Å²) in [6.45, 7) is 9.86. The number of imidazole rings is 1. The van der Waals surface area contributed by atoms with Gasteiger partial charge in [0.25, 0.3) is 0 Å². The van der Waals surface area contributed by atoms with Crippen LogP contribution in [-0.2, 0) is 10.2 Å². The quantitative estimate of drug-likeness (QED) is 0.683. The molecule has 0 bridgehead atoms. The molecule has 154 valence electrons. The molecule has 0 aromatic carbocycles. The summed E-state index contributed by atoms with van der Waals surface area (Å²) in [7, 11) is 0. The highest BCUT2D eigenvalue weighted by Gasteiger charge is 2.22. The topological polar surface area (TPSA) is 91.6 Å². The third kappa shape index (κ3) is 4.47. The molecule has 10 heteroatoms. The third-order valence-corrected chi connectivity index (χ3v) is 5.77. The standard InChI is InChI=1S/C19H26N8OS/c1-19(2,3)14-13-27-18(23-14)29-17(24-27)22-8-5-15(28)25-9-11-26(12-10-25)16-20-6-4-7-21-16/h4,6-7,13H,5,8-12H2,1-3H3,(H,22,24). The van der Waals surface area contributed by atoms with Gasteiger partial charge in [-0.1, -0.05) is 32.1 Å². The molecule has 9 nitrogen and oxygen atoms in total. The molecule has 0 radical (unpaired) electrons. The molecule has 29 heavy (non-hydrogen) atoms. The molecule has 0 unspecified atom stereocenters. The normalized spacial score (nSPS) is 15.1. The molecule has 1 aliphatic rings. The third-order valence-electron chi connectivity index (χ3n) is 4.89. The molecular weight excluding hydrogens is 388 g/mol. The Morgan fingerprint density at radius 1 is 1.17 bits per heavy atom. The Labute approximate surface area is 173 Å². The molecule has 0 spiro atoms. The molecule has 3 aromatic rings. The number of hydrogen-bond acceptors (Lipinski definition) is 8. The molecular formula is C19H26N8OS. The van der Waals surface area contributed by atoms with Gasteiger partial charge in [-0.25, -0.2) is 19.5 Å². The Morgan fingerprint density at radius 2 is 1.90 bits per heavy atom. The van der Waals surface area contributed by atoms with Crippen LogP contribution in [0.4, 0.5) is 11.1 Å². The molecule has 4 heterocycles. The van der Waals surface area contributed by atoms with Crippen LogP contribution < -0.4 is 10.2 Å². The Balaban J connectivity index is 1.24. The average Bonchev–Trinajstić information content (AvgIpc) is 3.27. The Bertz CT molecular complexity index is 938. The van der Waals surface area contributed by atoms with Crippen LogP contribution in [0.3, 0.4) is 0 Å². The van der Waals surface area contributed by atoms with Gasteiger partial charge in [-0.05, 0) is 6.07 Å². The predicted octanol–water partition coefficient (Wildman–Crippen LogP) is 2.03.